The van der Waals surface area contributed by atoms with Crippen LogP contribution in [0.5, 0.6) is 0 Å². The lowest BCUT2D eigenvalue weighted by Crippen LogP contribution is -2.52. The highest BCUT2D eigenvalue weighted by molar-refractivity contribution is 5.24. The first-order chi connectivity index (χ1) is 9.70. The van der Waals surface area contributed by atoms with E-state index in [0.29, 0.717) is 5.92 Å². The van der Waals surface area contributed by atoms with Crippen molar-refractivity contribution in [3.8, 4) is 0 Å². The Morgan fingerprint density at radius 2 is 1.80 bits per heavy atom. The van der Waals surface area contributed by atoms with Crippen molar-refractivity contribution < 1.29 is 5.11 Å². The standard InChI is InChI=1S/C18H27NO/c1-15-14-19(17-10-6-3-7-11-17)13-12-18(15,20)16-8-4-2-5-9-16/h2,4-5,8-9,15,17,20H,3,6-7,10-14H2,1H3/t15-,18-/m1/s1. The maximum absolute atomic E-state index is 11.1. The normalized spacial score (nSPS) is 33.2. The van der Waals surface area contributed by atoms with E-state index in [1.807, 2.05) is 18.2 Å². The summed E-state index contributed by atoms with van der Waals surface area (Å²) in [4.78, 5) is 2.64. The highest BCUT2D eigenvalue weighted by Crippen LogP contribution is 2.39. The first-order valence-electron chi connectivity index (χ1n) is 8.22. The van der Waals surface area contributed by atoms with Crippen LogP contribution in [-0.4, -0.2) is 29.1 Å². The van der Waals surface area contributed by atoms with Gasteiger partial charge in [-0.3, -0.25) is 4.90 Å². The predicted molar refractivity (Wildman–Crippen MR) is 82.6 cm³/mol. The average molecular weight is 273 g/mol. The molecule has 2 nitrogen and oxygen atoms in total. The molecule has 0 radical (unpaired) electrons. The fraction of sp³-hybridized carbons (Fsp3) is 0.667. The van der Waals surface area contributed by atoms with Crippen LogP contribution >= 0.6 is 0 Å². The molecule has 2 aliphatic rings. The van der Waals surface area contributed by atoms with Gasteiger partial charge in [-0.1, -0.05) is 56.5 Å². The van der Waals surface area contributed by atoms with Crippen molar-refractivity contribution in [3.05, 3.63) is 35.9 Å². The summed E-state index contributed by atoms with van der Waals surface area (Å²) in [5.41, 5.74) is 0.461. The minimum Gasteiger partial charge on any atom is -0.385 e. The van der Waals surface area contributed by atoms with Gasteiger partial charge in [0.2, 0.25) is 0 Å². The molecule has 3 rings (SSSR count). The van der Waals surface area contributed by atoms with Crippen LogP contribution in [0.25, 0.3) is 0 Å². The van der Waals surface area contributed by atoms with Crippen LogP contribution < -0.4 is 0 Å². The lowest BCUT2D eigenvalue weighted by Gasteiger charge is -2.47. The van der Waals surface area contributed by atoms with Gasteiger partial charge in [-0.2, -0.15) is 0 Å². The zero-order valence-corrected chi connectivity index (χ0v) is 12.6. The zero-order chi connectivity index (χ0) is 14.0. The van der Waals surface area contributed by atoms with E-state index < -0.39 is 5.60 Å². The molecule has 2 atom stereocenters. The molecule has 0 aromatic heterocycles. The SMILES string of the molecule is C[C@@H]1CN(C2CCCCC2)CC[C@]1(O)c1ccccc1. The van der Waals surface area contributed by atoms with Gasteiger partial charge in [-0.15, -0.1) is 0 Å². The number of likely N-dealkylation sites (tertiary alicyclic amines) is 1. The van der Waals surface area contributed by atoms with Gasteiger partial charge >= 0.3 is 0 Å². The van der Waals surface area contributed by atoms with Crippen LogP contribution in [0.1, 0.15) is 51.0 Å². The lowest BCUT2D eigenvalue weighted by atomic mass is 9.76. The third kappa shape index (κ3) is 2.64. The second-order valence-electron chi connectivity index (χ2n) is 6.73. The molecule has 110 valence electrons. The summed E-state index contributed by atoms with van der Waals surface area (Å²) in [6.07, 6.45) is 7.77. The quantitative estimate of drug-likeness (QED) is 0.891. The second kappa shape index (κ2) is 5.87. The molecule has 0 unspecified atom stereocenters. The molecule has 2 heteroatoms. The van der Waals surface area contributed by atoms with Crippen LogP contribution in [0.4, 0.5) is 0 Å². The number of aliphatic hydroxyl groups is 1. The van der Waals surface area contributed by atoms with Gasteiger partial charge in [0.1, 0.15) is 0 Å². The van der Waals surface area contributed by atoms with E-state index >= 15 is 0 Å². The van der Waals surface area contributed by atoms with Crippen LogP contribution in [-0.2, 0) is 5.60 Å². The third-order valence-corrected chi connectivity index (χ3v) is 5.47. The molecule has 0 bridgehead atoms. The molecule has 1 aliphatic carbocycles. The van der Waals surface area contributed by atoms with Crippen LogP contribution in [0.2, 0.25) is 0 Å². The van der Waals surface area contributed by atoms with E-state index in [2.05, 4.69) is 24.0 Å². The molecule has 0 amide bonds. The number of hydrogen-bond donors (Lipinski definition) is 1. The van der Waals surface area contributed by atoms with E-state index in [0.717, 1.165) is 31.1 Å². The van der Waals surface area contributed by atoms with Gasteiger partial charge in [0.15, 0.2) is 0 Å². The topological polar surface area (TPSA) is 23.5 Å². The lowest BCUT2D eigenvalue weighted by molar-refractivity contribution is -0.0822. The Labute approximate surface area is 122 Å². The predicted octanol–water partition coefficient (Wildman–Crippen LogP) is 3.55. The average Bonchev–Trinajstić information content (AvgIpc) is 2.52. The van der Waals surface area contributed by atoms with Gasteiger partial charge in [0.05, 0.1) is 5.60 Å². The van der Waals surface area contributed by atoms with E-state index in [1.54, 1.807) is 0 Å². The molecule has 1 saturated carbocycles. The summed E-state index contributed by atoms with van der Waals surface area (Å²) in [5, 5.41) is 11.1. The molecule has 1 heterocycles. The highest BCUT2D eigenvalue weighted by atomic mass is 16.3. The van der Waals surface area contributed by atoms with Crippen molar-refractivity contribution in [2.45, 2.75) is 57.1 Å². The first-order valence-corrected chi connectivity index (χ1v) is 8.22. The largest absolute Gasteiger partial charge is 0.385 e. The van der Waals surface area contributed by atoms with Crippen molar-refractivity contribution in [3.63, 3.8) is 0 Å². The Balaban J connectivity index is 1.70. The molecular formula is C18H27NO. The Bertz CT molecular complexity index is 426. The smallest absolute Gasteiger partial charge is 0.0946 e. The summed E-state index contributed by atoms with van der Waals surface area (Å²) in [5.74, 6) is 0.306. The summed E-state index contributed by atoms with van der Waals surface area (Å²) >= 11 is 0. The van der Waals surface area contributed by atoms with Gasteiger partial charge in [0, 0.05) is 25.0 Å². The molecule has 1 aromatic carbocycles. The highest BCUT2D eigenvalue weighted by Gasteiger charge is 2.41. The molecule has 1 N–H and O–H groups in total. The Kier molecular flexibility index (Phi) is 4.13. The van der Waals surface area contributed by atoms with Crippen LogP contribution in [0.3, 0.4) is 0 Å². The third-order valence-electron chi connectivity index (χ3n) is 5.47. The second-order valence-corrected chi connectivity index (χ2v) is 6.73. The van der Waals surface area contributed by atoms with E-state index in [1.165, 1.54) is 32.1 Å². The van der Waals surface area contributed by atoms with E-state index in [9.17, 15) is 5.11 Å². The molecule has 20 heavy (non-hydrogen) atoms. The molecule has 1 aliphatic heterocycles. The van der Waals surface area contributed by atoms with Gasteiger partial charge in [0.25, 0.3) is 0 Å². The van der Waals surface area contributed by atoms with E-state index in [4.69, 9.17) is 0 Å². The van der Waals surface area contributed by atoms with Crippen molar-refractivity contribution in [1.29, 1.82) is 0 Å². The molecule has 1 aromatic rings. The Morgan fingerprint density at radius 1 is 1.10 bits per heavy atom. The molecular weight excluding hydrogens is 246 g/mol. The number of hydrogen-bond acceptors (Lipinski definition) is 2. The Hall–Kier alpha value is -0.860. The minimum absolute atomic E-state index is 0.306. The zero-order valence-electron chi connectivity index (χ0n) is 12.6. The van der Waals surface area contributed by atoms with Gasteiger partial charge in [-0.05, 0) is 24.8 Å². The summed E-state index contributed by atoms with van der Waals surface area (Å²) in [6, 6.07) is 11.0. The fourth-order valence-electron chi connectivity index (χ4n) is 4.09. The Morgan fingerprint density at radius 3 is 2.45 bits per heavy atom. The van der Waals surface area contributed by atoms with Crippen molar-refractivity contribution >= 4 is 0 Å². The molecule has 0 spiro atoms. The van der Waals surface area contributed by atoms with Crippen molar-refractivity contribution in [2.24, 2.45) is 5.92 Å². The van der Waals surface area contributed by atoms with Gasteiger partial charge in [-0.25, -0.2) is 0 Å². The van der Waals surface area contributed by atoms with Gasteiger partial charge < -0.3 is 5.11 Å². The summed E-state index contributed by atoms with van der Waals surface area (Å²) in [6.45, 7) is 4.29. The first kappa shape index (κ1) is 14.1. The van der Waals surface area contributed by atoms with Crippen LogP contribution in [0.15, 0.2) is 30.3 Å². The maximum atomic E-state index is 11.1. The minimum atomic E-state index is -0.633. The van der Waals surface area contributed by atoms with Crippen molar-refractivity contribution in [2.75, 3.05) is 13.1 Å². The number of nitrogens with zero attached hydrogens (tertiary/aromatic N) is 1. The maximum Gasteiger partial charge on any atom is 0.0946 e. The van der Waals surface area contributed by atoms with E-state index in [-0.39, 0.29) is 0 Å². The summed E-state index contributed by atoms with van der Waals surface area (Å²) < 4.78 is 0. The molecule has 1 saturated heterocycles. The monoisotopic (exact) mass is 273 g/mol. The van der Waals surface area contributed by atoms with Crippen molar-refractivity contribution in [1.82, 2.24) is 4.90 Å². The number of benzene rings is 1. The number of rotatable bonds is 2. The van der Waals surface area contributed by atoms with Crippen LogP contribution in [0, 0.1) is 5.92 Å². The fourth-order valence-corrected chi connectivity index (χ4v) is 4.09. The summed E-state index contributed by atoms with van der Waals surface area (Å²) in [7, 11) is 0. The number of piperidine rings is 1. The molecule has 2 fully saturated rings.